The number of esters is 1. The van der Waals surface area contributed by atoms with E-state index in [1.165, 1.54) is 13.8 Å². The number of hydrogen-bond donors (Lipinski definition) is 2. The first kappa shape index (κ1) is 32.5. The Labute approximate surface area is 195 Å². The Morgan fingerprint density at radius 3 is 1.22 bits per heavy atom. The van der Waals surface area contributed by atoms with E-state index in [0.29, 0.717) is 0 Å². The number of aliphatic hydroxyl groups is 2. The maximum atomic E-state index is 13.5. The van der Waals surface area contributed by atoms with Crippen LogP contribution >= 0.6 is 0 Å². The Hall–Kier alpha value is -1.52. The van der Waals surface area contributed by atoms with Crippen molar-refractivity contribution in [3.63, 3.8) is 0 Å². The van der Waals surface area contributed by atoms with Gasteiger partial charge in [0.1, 0.15) is 12.8 Å². The Balaban J connectivity index is 3.72. The third kappa shape index (κ3) is 5.36. The number of hydrogen-bond acceptors (Lipinski definition) is 4. The minimum absolute atomic E-state index is 0.345. The summed E-state index contributed by atoms with van der Waals surface area (Å²) in [5.41, 5.74) is -13.7. The molecular weight excluding hydrogens is 539 g/mol. The number of carbonyl (C=O) groups is 1. The van der Waals surface area contributed by atoms with Gasteiger partial charge in [-0.1, -0.05) is 13.8 Å². The van der Waals surface area contributed by atoms with Gasteiger partial charge < -0.3 is 14.9 Å². The normalized spacial score (nSPS) is 23.5. The number of alkyl halides is 13. The third-order valence-electron chi connectivity index (χ3n) is 6.89. The second-order valence-corrected chi connectivity index (χ2v) is 8.77. The highest BCUT2D eigenvalue weighted by Crippen LogP contribution is 2.58. The van der Waals surface area contributed by atoms with Crippen molar-refractivity contribution in [3.05, 3.63) is 0 Å². The molecule has 0 aromatic carbocycles. The van der Waals surface area contributed by atoms with Crippen LogP contribution in [0.4, 0.5) is 57.1 Å². The molecule has 1 aliphatic carbocycles. The fourth-order valence-electron chi connectivity index (χ4n) is 4.35. The van der Waals surface area contributed by atoms with Crippen molar-refractivity contribution in [2.75, 3.05) is 6.67 Å². The van der Waals surface area contributed by atoms with Crippen molar-refractivity contribution >= 4 is 5.97 Å². The van der Waals surface area contributed by atoms with Gasteiger partial charge in [-0.25, -0.2) is 4.39 Å². The summed E-state index contributed by atoms with van der Waals surface area (Å²) in [5, 5.41) is 19.3. The summed E-state index contributed by atoms with van der Waals surface area (Å²) >= 11 is 0. The molecule has 0 aliphatic heterocycles. The van der Waals surface area contributed by atoms with Gasteiger partial charge in [0, 0.05) is 11.8 Å². The van der Waals surface area contributed by atoms with Gasteiger partial charge in [0.05, 0.1) is 5.41 Å². The highest BCUT2D eigenvalue weighted by atomic mass is 19.4. The molecule has 4 nitrogen and oxygen atoms in total. The van der Waals surface area contributed by atoms with Crippen LogP contribution in [0.3, 0.4) is 0 Å². The van der Waals surface area contributed by atoms with Crippen LogP contribution in [0.2, 0.25) is 0 Å². The van der Waals surface area contributed by atoms with Gasteiger partial charge in [0.2, 0.25) is 0 Å². The van der Waals surface area contributed by atoms with E-state index in [2.05, 4.69) is 4.74 Å². The molecule has 2 N–H and O–H groups in total. The van der Waals surface area contributed by atoms with Gasteiger partial charge in [0.25, 0.3) is 11.2 Å². The maximum Gasteiger partial charge on any atom is 0.426 e. The van der Waals surface area contributed by atoms with Crippen LogP contribution in [0.1, 0.15) is 46.0 Å². The van der Waals surface area contributed by atoms with Crippen molar-refractivity contribution in [2.45, 2.75) is 88.0 Å². The zero-order chi connectivity index (χ0) is 28.8. The molecule has 36 heavy (non-hydrogen) atoms. The molecule has 1 saturated carbocycles. The predicted molar refractivity (Wildman–Crippen MR) is 93.8 cm³/mol. The minimum Gasteiger partial charge on any atom is -0.462 e. The van der Waals surface area contributed by atoms with Gasteiger partial charge in [-0.2, -0.15) is 52.7 Å². The highest BCUT2D eigenvalue weighted by Gasteiger charge is 2.78. The zero-order valence-corrected chi connectivity index (χ0v) is 18.6. The van der Waals surface area contributed by atoms with Crippen molar-refractivity contribution < 1.29 is 76.8 Å². The van der Waals surface area contributed by atoms with Crippen LogP contribution in [-0.2, 0) is 9.53 Å². The molecule has 0 heterocycles. The maximum absolute atomic E-state index is 13.5. The summed E-state index contributed by atoms with van der Waals surface area (Å²) < 4.78 is 179. The lowest BCUT2D eigenvalue weighted by Gasteiger charge is -2.48. The lowest BCUT2D eigenvalue weighted by molar-refractivity contribution is -0.405. The summed E-state index contributed by atoms with van der Waals surface area (Å²) in [4.78, 5) is 12.5. The Kier molecular flexibility index (Phi) is 9.02. The largest absolute Gasteiger partial charge is 0.462 e. The quantitative estimate of drug-likeness (QED) is 0.304. The molecule has 2 unspecified atom stereocenters. The lowest BCUT2D eigenvalue weighted by Crippen LogP contribution is -2.67. The molecule has 0 amide bonds. The highest BCUT2D eigenvalue weighted by molar-refractivity contribution is 5.77. The Morgan fingerprint density at radius 2 is 1.00 bits per heavy atom. The topological polar surface area (TPSA) is 66.8 Å². The molecular formula is C19H23F13O4. The van der Waals surface area contributed by atoms with Crippen molar-refractivity contribution in [3.8, 4) is 0 Å². The SMILES string of the molecule is CCC(CC)(CF)C(=O)OC1CC(C(O)(C(F)(F)F)C(F)(F)F)CC(C(O)(C(F)(F)F)C(F)(F)F)C1. The molecule has 1 rings (SSSR count). The molecule has 0 bridgehead atoms. The summed E-state index contributed by atoms with van der Waals surface area (Å²) in [7, 11) is 0. The summed E-state index contributed by atoms with van der Waals surface area (Å²) in [6, 6.07) is 0. The molecule has 1 fully saturated rings. The zero-order valence-electron chi connectivity index (χ0n) is 18.6. The average molecular weight is 562 g/mol. The Morgan fingerprint density at radius 1 is 0.694 bits per heavy atom. The van der Waals surface area contributed by atoms with E-state index in [9.17, 15) is 72.1 Å². The second-order valence-electron chi connectivity index (χ2n) is 8.77. The van der Waals surface area contributed by atoms with E-state index in [1.54, 1.807) is 0 Å². The third-order valence-corrected chi connectivity index (χ3v) is 6.89. The first-order valence-electron chi connectivity index (χ1n) is 10.4. The first-order chi connectivity index (χ1) is 15.9. The van der Waals surface area contributed by atoms with Crippen molar-refractivity contribution in [2.24, 2.45) is 17.3 Å². The molecule has 214 valence electrons. The molecule has 0 saturated heterocycles. The lowest BCUT2D eigenvalue weighted by atomic mass is 9.65. The predicted octanol–water partition coefficient (Wildman–Crippen LogP) is 5.80. The smallest absolute Gasteiger partial charge is 0.426 e. The molecule has 0 radical (unpaired) electrons. The van der Waals surface area contributed by atoms with Crippen LogP contribution in [0, 0.1) is 17.3 Å². The standard InChI is InChI=1S/C19H23F13O4/c1-3-13(4-2,8-20)12(33)36-11-6-9(14(34,16(21,22)23)17(24,25)26)5-10(7-11)15(35,18(27,28)29)19(30,31)32/h9-11,34-35H,3-8H2,1-2H3. The van der Waals surface area contributed by atoms with Crippen LogP contribution in [-0.4, -0.2) is 64.9 Å². The monoisotopic (exact) mass is 562 g/mol. The van der Waals surface area contributed by atoms with E-state index in [1.807, 2.05) is 0 Å². The van der Waals surface area contributed by atoms with E-state index >= 15 is 0 Å². The molecule has 0 aromatic heterocycles. The molecule has 2 atom stereocenters. The minimum atomic E-state index is -6.64. The van der Waals surface area contributed by atoms with Crippen LogP contribution in [0.15, 0.2) is 0 Å². The fraction of sp³-hybridized carbons (Fsp3) is 0.947. The van der Waals surface area contributed by atoms with Gasteiger partial charge in [-0.05, 0) is 32.1 Å². The van der Waals surface area contributed by atoms with Gasteiger partial charge in [-0.15, -0.1) is 0 Å². The fourth-order valence-corrected chi connectivity index (χ4v) is 4.35. The number of rotatable bonds is 7. The molecule has 1 aliphatic rings. The van der Waals surface area contributed by atoms with E-state index < -0.39 is 91.2 Å². The van der Waals surface area contributed by atoms with Gasteiger partial charge in [0.15, 0.2) is 0 Å². The second kappa shape index (κ2) is 9.98. The van der Waals surface area contributed by atoms with Gasteiger partial charge >= 0.3 is 30.7 Å². The van der Waals surface area contributed by atoms with E-state index in [0.717, 1.165) is 0 Å². The summed E-state index contributed by atoms with van der Waals surface area (Å²) in [5.74, 6) is -8.55. The van der Waals surface area contributed by atoms with Crippen LogP contribution in [0.5, 0.6) is 0 Å². The molecule has 0 spiro atoms. The van der Waals surface area contributed by atoms with Crippen molar-refractivity contribution in [1.29, 1.82) is 0 Å². The first-order valence-corrected chi connectivity index (χ1v) is 10.4. The van der Waals surface area contributed by atoms with Gasteiger partial charge in [-0.3, -0.25) is 4.79 Å². The molecule has 17 heteroatoms. The summed E-state index contributed by atoms with van der Waals surface area (Å²) in [6.45, 7) is 0.992. The van der Waals surface area contributed by atoms with E-state index in [-0.39, 0.29) is 12.8 Å². The van der Waals surface area contributed by atoms with Crippen LogP contribution < -0.4 is 0 Å². The van der Waals surface area contributed by atoms with E-state index in [4.69, 9.17) is 0 Å². The van der Waals surface area contributed by atoms with Crippen molar-refractivity contribution in [1.82, 2.24) is 0 Å². The molecule has 0 aromatic rings. The van der Waals surface area contributed by atoms with Crippen LogP contribution in [0.25, 0.3) is 0 Å². The average Bonchev–Trinajstić information content (AvgIpc) is 2.70. The number of ether oxygens (including phenoxy) is 1. The number of halogens is 13. The Bertz CT molecular complexity index is 683. The number of carbonyl (C=O) groups excluding carboxylic acids is 1. The summed E-state index contributed by atoms with van der Waals surface area (Å²) in [6.07, 6.45) is -35.4.